The first-order valence-corrected chi connectivity index (χ1v) is 9.90. The number of carbonyl (C=O) groups is 1. The number of hydrogen-bond acceptors (Lipinski definition) is 6. The average Bonchev–Trinajstić information content (AvgIpc) is 3.21. The van der Waals surface area contributed by atoms with Crippen LogP contribution in [-0.2, 0) is 16.4 Å². The molecule has 1 aromatic heterocycles. The Morgan fingerprint density at radius 1 is 1.22 bits per heavy atom. The largest absolute Gasteiger partial charge is 0.398 e. The molecule has 0 spiro atoms. The molecule has 0 saturated carbocycles. The quantitative estimate of drug-likeness (QED) is 0.622. The number of nitrogens with zero attached hydrogens (tertiary/aromatic N) is 3. The van der Waals surface area contributed by atoms with Crippen LogP contribution < -0.4 is 11.1 Å². The summed E-state index contributed by atoms with van der Waals surface area (Å²) in [5.74, 6) is -0.404. The smallest absolute Gasteiger partial charge is 0.253 e. The fourth-order valence-electron chi connectivity index (χ4n) is 2.54. The zero-order valence-corrected chi connectivity index (χ0v) is 15.5. The summed E-state index contributed by atoms with van der Waals surface area (Å²) in [6, 6.07) is 11.6. The molecule has 0 saturated heterocycles. The van der Waals surface area contributed by atoms with E-state index in [0.717, 1.165) is 11.3 Å². The van der Waals surface area contributed by atoms with E-state index in [9.17, 15) is 13.2 Å². The van der Waals surface area contributed by atoms with Gasteiger partial charge < -0.3 is 11.1 Å². The van der Waals surface area contributed by atoms with E-state index < -0.39 is 9.84 Å². The number of sulfone groups is 1. The Bertz CT molecular complexity index is 1060. The molecule has 8 nitrogen and oxygen atoms in total. The number of anilines is 1. The van der Waals surface area contributed by atoms with E-state index in [1.54, 1.807) is 17.9 Å². The summed E-state index contributed by atoms with van der Waals surface area (Å²) in [7, 11) is -3.37. The summed E-state index contributed by atoms with van der Waals surface area (Å²) in [5.41, 5.74) is 7.95. The Morgan fingerprint density at radius 3 is 2.70 bits per heavy atom. The third-order valence-electron chi connectivity index (χ3n) is 4.05. The van der Waals surface area contributed by atoms with E-state index >= 15 is 0 Å². The van der Waals surface area contributed by atoms with E-state index in [-0.39, 0.29) is 34.4 Å². The van der Waals surface area contributed by atoms with Gasteiger partial charge in [-0.2, -0.15) is 5.10 Å². The maximum atomic E-state index is 12.4. The molecule has 27 heavy (non-hydrogen) atoms. The molecule has 1 amide bonds. The Hall–Kier alpha value is -3.20. The molecule has 0 aliphatic rings. The van der Waals surface area contributed by atoms with Gasteiger partial charge in [-0.3, -0.25) is 4.79 Å². The lowest BCUT2D eigenvalue weighted by atomic mass is 10.1. The van der Waals surface area contributed by atoms with Crippen molar-refractivity contribution in [2.75, 3.05) is 11.5 Å². The van der Waals surface area contributed by atoms with Crippen molar-refractivity contribution >= 4 is 21.4 Å². The normalized spacial score (nSPS) is 11.3. The van der Waals surface area contributed by atoms with Crippen LogP contribution in [0.4, 0.5) is 5.69 Å². The summed E-state index contributed by atoms with van der Waals surface area (Å²) >= 11 is 0. The van der Waals surface area contributed by atoms with Gasteiger partial charge in [-0.05, 0) is 35.9 Å². The van der Waals surface area contributed by atoms with E-state index in [1.807, 2.05) is 24.3 Å². The highest BCUT2D eigenvalue weighted by Crippen LogP contribution is 2.19. The van der Waals surface area contributed by atoms with Crippen molar-refractivity contribution in [3.8, 4) is 5.69 Å². The number of carbonyl (C=O) groups excluding carboxylic acids is 1. The molecule has 9 heteroatoms. The standard InChI is InChI=1S/C18H19N5O3S/c1-2-27(25,26)15-6-7-16(17(19)9-15)18(24)21-10-13-4-3-5-14(8-13)23-12-20-11-22-23/h3-9,11-12H,2,10,19H2,1H3,(H,21,24). The molecular formula is C18H19N5O3S. The van der Waals surface area contributed by atoms with Crippen LogP contribution in [0.5, 0.6) is 0 Å². The van der Waals surface area contributed by atoms with Crippen molar-refractivity contribution in [3.05, 3.63) is 66.2 Å². The lowest BCUT2D eigenvalue weighted by Crippen LogP contribution is -2.24. The van der Waals surface area contributed by atoms with E-state index in [1.165, 1.54) is 24.5 Å². The minimum atomic E-state index is -3.37. The molecule has 2 aromatic carbocycles. The van der Waals surface area contributed by atoms with Gasteiger partial charge in [-0.25, -0.2) is 18.1 Å². The summed E-state index contributed by atoms with van der Waals surface area (Å²) in [6.07, 6.45) is 3.03. The highest BCUT2D eigenvalue weighted by molar-refractivity contribution is 7.91. The number of amides is 1. The van der Waals surface area contributed by atoms with Crippen LogP contribution >= 0.6 is 0 Å². The molecule has 140 valence electrons. The fraction of sp³-hybridized carbons (Fsp3) is 0.167. The van der Waals surface area contributed by atoms with Crippen LogP contribution in [0.1, 0.15) is 22.8 Å². The molecule has 0 radical (unpaired) electrons. The summed E-state index contributed by atoms with van der Waals surface area (Å²) in [6.45, 7) is 1.84. The Kier molecular flexibility index (Phi) is 5.22. The Morgan fingerprint density at radius 2 is 2.04 bits per heavy atom. The number of benzene rings is 2. The van der Waals surface area contributed by atoms with Gasteiger partial charge in [-0.15, -0.1) is 0 Å². The SMILES string of the molecule is CCS(=O)(=O)c1ccc(C(=O)NCc2cccc(-n3cncn3)c2)c(N)c1. The number of nitrogens with two attached hydrogens (primary N) is 1. The van der Waals surface area contributed by atoms with E-state index in [4.69, 9.17) is 5.73 Å². The molecule has 0 unspecified atom stereocenters. The number of nitrogen functional groups attached to an aromatic ring is 1. The van der Waals surface area contributed by atoms with E-state index in [0.29, 0.717) is 0 Å². The van der Waals surface area contributed by atoms with Gasteiger partial charge in [0.2, 0.25) is 0 Å². The second-order valence-corrected chi connectivity index (χ2v) is 8.12. The van der Waals surface area contributed by atoms with Crippen LogP contribution in [0.3, 0.4) is 0 Å². The third kappa shape index (κ3) is 4.14. The minimum absolute atomic E-state index is 0.0277. The van der Waals surface area contributed by atoms with Crippen LogP contribution in [-0.4, -0.2) is 34.8 Å². The maximum Gasteiger partial charge on any atom is 0.253 e. The molecule has 3 aromatic rings. The first-order chi connectivity index (χ1) is 12.9. The first-order valence-electron chi connectivity index (χ1n) is 8.25. The molecule has 1 heterocycles. The molecule has 0 aliphatic heterocycles. The predicted octanol–water partition coefficient (Wildman–Crippen LogP) is 1.57. The lowest BCUT2D eigenvalue weighted by Gasteiger charge is -2.10. The van der Waals surface area contributed by atoms with E-state index in [2.05, 4.69) is 15.4 Å². The monoisotopic (exact) mass is 385 g/mol. The van der Waals surface area contributed by atoms with Crippen molar-refractivity contribution in [2.24, 2.45) is 0 Å². The second-order valence-electron chi connectivity index (χ2n) is 5.85. The van der Waals surface area contributed by atoms with Gasteiger partial charge in [0.1, 0.15) is 12.7 Å². The number of nitrogens with one attached hydrogen (secondary N) is 1. The van der Waals surface area contributed by atoms with Crippen molar-refractivity contribution in [3.63, 3.8) is 0 Å². The predicted molar refractivity (Wildman–Crippen MR) is 101 cm³/mol. The van der Waals surface area contributed by atoms with Crippen LogP contribution in [0, 0.1) is 0 Å². The first kappa shape index (κ1) is 18.6. The van der Waals surface area contributed by atoms with Gasteiger partial charge in [0.25, 0.3) is 5.91 Å². The third-order valence-corrected chi connectivity index (χ3v) is 5.79. The van der Waals surface area contributed by atoms with Gasteiger partial charge >= 0.3 is 0 Å². The fourth-order valence-corrected chi connectivity index (χ4v) is 3.45. The van der Waals surface area contributed by atoms with Crippen molar-refractivity contribution < 1.29 is 13.2 Å². The second kappa shape index (κ2) is 7.58. The Labute approximate surface area is 157 Å². The van der Waals surface area contributed by atoms with Crippen molar-refractivity contribution in [1.82, 2.24) is 20.1 Å². The molecular weight excluding hydrogens is 366 g/mol. The zero-order valence-electron chi connectivity index (χ0n) is 14.7. The van der Waals surface area contributed by atoms with Crippen molar-refractivity contribution in [2.45, 2.75) is 18.4 Å². The van der Waals surface area contributed by atoms with Gasteiger partial charge in [0.05, 0.1) is 21.9 Å². The van der Waals surface area contributed by atoms with Gasteiger partial charge in [0, 0.05) is 12.2 Å². The van der Waals surface area contributed by atoms with Gasteiger partial charge in [0.15, 0.2) is 9.84 Å². The molecule has 3 N–H and O–H groups in total. The van der Waals surface area contributed by atoms with Crippen LogP contribution in [0.2, 0.25) is 0 Å². The lowest BCUT2D eigenvalue weighted by molar-refractivity contribution is 0.0951. The maximum absolute atomic E-state index is 12.4. The number of aromatic nitrogens is 3. The highest BCUT2D eigenvalue weighted by Gasteiger charge is 2.16. The van der Waals surface area contributed by atoms with Crippen LogP contribution in [0.25, 0.3) is 5.69 Å². The van der Waals surface area contributed by atoms with Crippen molar-refractivity contribution in [1.29, 1.82) is 0 Å². The minimum Gasteiger partial charge on any atom is -0.398 e. The molecule has 0 fully saturated rings. The molecule has 0 atom stereocenters. The average molecular weight is 385 g/mol. The molecule has 0 bridgehead atoms. The number of hydrogen-bond donors (Lipinski definition) is 2. The zero-order chi connectivity index (χ0) is 19.4. The van der Waals surface area contributed by atoms with Gasteiger partial charge in [-0.1, -0.05) is 19.1 Å². The number of rotatable bonds is 6. The topological polar surface area (TPSA) is 120 Å². The molecule has 3 rings (SSSR count). The molecule has 0 aliphatic carbocycles. The Balaban J connectivity index is 1.72. The summed E-state index contributed by atoms with van der Waals surface area (Å²) < 4.78 is 25.4. The van der Waals surface area contributed by atoms with Crippen LogP contribution in [0.15, 0.2) is 60.0 Å². The summed E-state index contributed by atoms with van der Waals surface area (Å²) in [5, 5.41) is 6.86. The summed E-state index contributed by atoms with van der Waals surface area (Å²) in [4.78, 5) is 16.4. The highest BCUT2D eigenvalue weighted by atomic mass is 32.2.